The summed E-state index contributed by atoms with van der Waals surface area (Å²) in [4.78, 5) is 10.9. The van der Waals surface area contributed by atoms with Gasteiger partial charge in [0, 0.05) is 16.4 Å². The number of carbonyl (C=O) groups is 1. The third-order valence-corrected chi connectivity index (χ3v) is 3.83. The number of fused-ring (bicyclic) bond motifs is 1. The predicted molar refractivity (Wildman–Crippen MR) is 56.8 cm³/mol. The van der Waals surface area contributed by atoms with E-state index in [-0.39, 0.29) is 22.2 Å². The lowest BCUT2D eigenvalue weighted by Crippen LogP contribution is -2.03. The molecule has 1 aliphatic heterocycles. The van der Waals surface area contributed by atoms with E-state index in [0.29, 0.717) is 11.3 Å². The summed E-state index contributed by atoms with van der Waals surface area (Å²) in [5.74, 6) is -0.190. The lowest BCUT2D eigenvalue weighted by molar-refractivity contribution is -0.115. The Hall–Kier alpha value is -0.780. The third-order valence-electron chi connectivity index (χ3n) is 2.05. The molecule has 2 rings (SSSR count). The van der Waals surface area contributed by atoms with Crippen molar-refractivity contribution >= 4 is 42.9 Å². The molecular weight excluding hydrogens is 261 g/mol. The molecule has 1 heterocycles. The zero-order valence-electron chi connectivity index (χ0n) is 7.25. The fourth-order valence-electron chi connectivity index (χ4n) is 1.41. The molecule has 1 N–H and O–H groups in total. The molecule has 0 saturated heterocycles. The summed E-state index contributed by atoms with van der Waals surface area (Å²) in [5.41, 5.74) is 1.12. The lowest BCUT2D eigenvalue weighted by atomic mass is 10.2. The van der Waals surface area contributed by atoms with Gasteiger partial charge in [0.25, 0.3) is 9.05 Å². The maximum atomic E-state index is 11.1. The molecule has 0 atom stereocenters. The van der Waals surface area contributed by atoms with Crippen molar-refractivity contribution in [3.8, 4) is 0 Å². The SMILES string of the molecule is O=C1Cc2cc(S(=O)(=O)Cl)c(Cl)cc2N1. The molecule has 1 aliphatic rings. The van der Waals surface area contributed by atoms with Gasteiger partial charge in [-0.25, -0.2) is 8.42 Å². The largest absolute Gasteiger partial charge is 0.325 e. The fourth-order valence-corrected chi connectivity index (χ4v) is 2.96. The number of carbonyl (C=O) groups excluding carboxylic acids is 1. The van der Waals surface area contributed by atoms with E-state index in [4.69, 9.17) is 22.3 Å². The van der Waals surface area contributed by atoms with E-state index in [9.17, 15) is 13.2 Å². The van der Waals surface area contributed by atoms with Gasteiger partial charge in [-0.2, -0.15) is 0 Å². The maximum Gasteiger partial charge on any atom is 0.262 e. The number of hydrogen-bond acceptors (Lipinski definition) is 3. The van der Waals surface area contributed by atoms with Crippen molar-refractivity contribution in [3.63, 3.8) is 0 Å². The van der Waals surface area contributed by atoms with Crippen LogP contribution in [0.4, 0.5) is 5.69 Å². The zero-order valence-corrected chi connectivity index (χ0v) is 9.58. The summed E-state index contributed by atoms with van der Waals surface area (Å²) < 4.78 is 22.2. The maximum absolute atomic E-state index is 11.1. The molecule has 15 heavy (non-hydrogen) atoms. The highest BCUT2D eigenvalue weighted by Gasteiger charge is 2.23. The monoisotopic (exact) mass is 265 g/mol. The minimum atomic E-state index is -3.87. The molecule has 0 radical (unpaired) electrons. The number of rotatable bonds is 1. The van der Waals surface area contributed by atoms with E-state index < -0.39 is 9.05 Å². The summed E-state index contributed by atoms with van der Waals surface area (Å²) in [7, 11) is 1.31. The molecule has 0 spiro atoms. The van der Waals surface area contributed by atoms with Gasteiger partial charge in [-0.1, -0.05) is 11.6 Å². The van der Waals surface area contributed by atoms with Gasteiger partial charge in [0.1, 0.15) is 4.90 Å². The van der Waals surface area contributed by atoms with Crippen LogP contribution in [-0.4, -0.2) is 14.3 Å². The summed E-state index contributed by atoms with van der Waals surface area (Å²) in [6, 6.07) is 2.70. The van der Waals surface area contributed by atoms with Gasteiger partial charge in [0.05, 0.1) is 11.4 Å². The van der Waals surface area contributed by atoms with Gasteiger partial charge < -0.3 is 5.32 Å². The molecule has 0 aliphatic carbocycles. The van der Waals surface area contributed by atoms with Gasteiger partial charge in [0.2, 0.25) is 5.91 Å². The predicted octanol–water partition coefficient (Wildman–Crippen LogP) is 1.76. The number of hydrogen-bond donors (Lipinski definition) is 1. The van der Waals surface area contributed by atoms with Crippen LogP contribution in [0.25, 0.3) is 0 Å². The fraction of sp³-hybridized carbons (Fsp3) is 0.125. The molecule has 0 aromatic heterocycles. The van der Waals surface area contributed by atoms with E-state index in [1.54, 1.807) is 0 Å². The Balaban J connectivity index is 2.64. The van der Waals surface area contributed by atoms with E-state index in [1.165, 1.54) is 12.1 Å². The highest BCUT2D eigenvalue weighted by atomic mass is 35.7. The first-order valence-electron chi connectivity index (χ1n) is 3.95. The van der Waals surface area contributed by atoms with E-state index in [0.717, 1.165) is 0 Å². The average molecular weight is 266 g/mol. The van der Waals surface area contributed by atoms with E-state index in [2.05, 4.69) is 5.32 Å². The summed E-state index contributed by atoms with van der Waals surface area (Å²) in [6.07, 6.45) is 0.145. The summed E-state index contributed by atoms with van der Waals surface area (Å²) in [6.45, 7) is 0. The van der Waals surface area contributed by atoms with Gasteiger partial charge in [0.15, 0.2) is 0 Å². The second-order valence-corrected chi connectivity index (χ2v) is 6.04. The summed E-state index contributed by atoms with van der Waals surface area (Å²) in [5, 5.41) is 2.56. The average Bonchev–Trinajstić information content (AvgIpc) is 2.40. The first-order valence-corrected chi connectivity index (χ1v) is 6.63. The van der Waals surface area contributed by atoms with Crippen molar-refractivity contribution in [2.24, 2.45) is 0 Å². The van der Waals surface area contributed by atoms with Crippen LogP contribution in [0.15, 0.2) is 17.0 Å². The quantitative estimate of drug-likeness (QED) is 0.788. The number of halogens is 2. The second kappa shape index (κ2) is 3.37. The molecule has 1 amide bonds. The Morgan fingerprint density at radius 1 is 1.33 bits per heavy atom. The van der Waals surface area contributed by atoms with Crippen molar-refractivity contribution in [2.45, 2.75) is 11.3 Å². The Bertz CT molecular complexity index is 553. The van der Waals surface area contributed by atoms with Crippen molar-refractivity contribution < 1.29 is 13.2 Å². The van der Waals surface area contributed by atoms with Crippen molar-refractivity contribution in [1.29, 1.82) is 0 Å². The van der Waals surface area contributed by atoms with Gasteiger partial charge >= 0.3 is 0 Å². The molecule has 80 valence electrons. The third kappa shape index (κ3) is 1.95. The standard InChI is InChI=1S/C8H5Cl2NO3S/c9-5-3-6-4(2-8(12)11-6)1-7(5)15(10,13)14/h1,3H,2H2,(H,11,12). The van der Waals surface area contributed by atoms with Crippen LogP contribution in [0.5, 0.6) is 0 Å². The first-order chi connectivity index (χ1) is 6.88. The molecule has 0 unspecified atom stereocenters. The van der Waals surface area contributed by atoms with Gasteiger partial charge in [-0.15, -0.1) is 0 Å². The van der Waals surface area contributed by atoms with Crippen LogP contribution in [0.2, 0.25) is 5.02 Å². The smallest absolute Gasteiger partial charge is 0.262 e. The molecule has 0 bridgehead atoms. The molecule has 0 fully saturated rings. The lowest BCUT2D eigenvalue weighted by Gasteiger charge is -2.03. The van der Waals surface area contributed by atoms with Crippen LogP contribution in [-0.2, 0) is 20.3 Å². The normalized spacial score (nSPS) is 14.9. The minimum Gasteiger partial charge on any atom is -0.325 e. The number of nitrogens with one attached hydrogen (secondary N) is 1. The van der Waals surface area contributed by atoms with Crippen LogP contribution in [0.3, 0.4) is 0 Å². The zero-order chi connectivity index (χ0) is 11.2. The first kappa shape index (κ1) is 10.7. The van der Waals surface area contributed by atoms with Crippen molar-refractivity contribution in [2.75, 3.05) is 5.32 Å². The van der Waals surface area contributed by atoms with Gasteiger partial charge in [-0.05, 0) is 17.7 Å². The van der Waals surface area contributed by atoms with E-state index in [1.807, 2.05) is 0 Å². The number of amides is 1. The molecule has 4 nitrogen and oxygen atoms in total. The highest BCUT2D eigenvalue weighted by molar-refractivity contribution is 8.13. The Morgan fingerprint density at radius 3 is 2.60 bits per heavy atom. The van der Waals surface area contributed by atoms with Gasteiger partial charge in [-0.3, -0.25) is 4.79 Å². The number of benzene rings is 1. The number of anilines is 1. The molecule has 7 heteroatoms. The van der Waals surface area contributed by atoms with Crippen molar-refractivity contribution in [3.05, 3.63) is 22.7 Å². The van der Waals surface area contributed by atoms with Crippen molar-refractivity contribution in [1.82, 2.24) is 0 Å². The van der Waals surface area contributed by atoms with E-state index >= 15 is 0 Å². The Labute approximate surface area is 95.6 Å². The van der Waals surface area contributed by atoms with Crippen LogP contribution < -0.4 is 5.32 Å². The molecule has 1 aromatic rings. The molecule has 0 saturated carbocycles. The van der Waals surface area contributed by atoms with Crippen LogP contribution >= 0.6 is 22.3 Å². The topological polar surface area (TPSA) is 63.2 Å². The molecular formula is C8H5Cl2NO3S. The Kier molecular flexibility index (Phi) is 2.41. The van der Waals surface area contributed by atoms with Crippen LogP contribution in [0.1, 0.15) is 5.56 Å². The highest BCUT2D eigenvalue weighted by Crippen LogP contribution is 2.33. The summed E-state index contributed by atoms with van der Waals surface area (Å²) >= 11 is 5.73. The minimum absolute atomic E-state index is 0.00551. The van der Waals surface area contributed by atoms with Crippen LogP contribution in [0, 0.1) is 0 Å². The molecule has 1 aromatic carbocycles. The Morgan fingerprint density at radius 2 is 2.00 bits per heavy atom. The second-order valence-electron chi connectivity index (χ2n) is 3.10.